The Kier molecular flexibility index (Phi) is 2.84. The lowest BCUT2D eigenvalue weighted by Gasteiger charge is -2.32. The van der Waals surface area contributed by atoms with Crippen molar-refractivity contribution in [3.05, 3.63) is 0 Å². The standard InChI is InChI=1S/C7H15N3O/c1-9-2-4-10(5-3-9)7(11)6-8/h2-6,8H2,1H3. The molecular weight excluding hydrogens is 142 g/mol. The highest BCUT2D eigenvalue weighted by atomic mass is 16.2. The predicted octanol–water partition coefficient (Wildman–Crippen LogP) is -1.28. The minimum Gasteiger partial charge on any atom is -0.339 e. The summed E-state index contributed by atoms with van der Waals surface area (Å²) >= 11 is 0. The Bertz CT molecular complexity index is 141. The lowest BCUT2D eigenvalue weighted by Crippen LogP contribution is -2.48. The lowest BCUT2D eigenvalue weighted by molar-refractivity contribution is -0.131. The van der Waals surface area contributed by atoms with Gasteiger partial charge in [-0.05, 0) is 7.05 Å². The van der Waals surface area contributed by atoms with E-state index in [2.05, 4.69) is 11.9 Å². The summed E-state index contributed by atoms with van der Waals surface area (Å²) in [6, 6.07) is 0. The van der Waals surface area contributed by atoms with E-state index in [4.69, 9.17) is 5.73 Å². The number of hydrogen-bond acceptors (Lipinski definition) is 3. The first kappa shape index (κ1) is 8.49. The Morgan fingerprint density at radius 3 is 2.36 bits per heavy atom. The summed E-state index contributed by atoms with van der Waals surface area (Å²) < 4.78 is 0. The molecule has 0 spiro atoms. The van der Waals surface area contributed by atoms with Gasteiger partial charge in [0.2, 0.25) is 5.91 Å². The topological polar surface area (TPSA) is 49.6 Å². The minimum absolute atomic E-state index is 0.0677. The van der Waals surface area contributed by atoms with Crippen LogP contribution in [0.25, 0.3) is 0 Å². The van der Waals surface area contributed by atoms with E-state index in [1.807, 2.05) is 4.90 Å². The predicted molar refractivity (Wildman–Crippen MR) is 43.1 cm³/mol. The van der Waals surface area contributed by atoms with Crippen molar-refractivity contribution < 1.29 is 4.79 Å². The van der Waals surface area contributed by atoms with Crippen LogP contribution in [0.4, 0.5) is 0 Å². The van der Waals surface area contributed by atoms with Crippen LogP contribution in [0.15, 0.2) is 0 Å². The molecule has 1 fully saturated rings. The van der Waals surface area contributed by atoms with E-state index in [0.29, 0.717) is 0 Å². The summed E-state index contributed by atoms with van der Waals surface area (Å²) in [6.45, 7) is 3.72. The summed E-state index contributed by atoms with van der Waals surface area (Å²) in [4.78, 5) is 15.1. The smallest absolute Gasteiger partial charge is 0.236 e. The Morgan fingerprint density at radius 2 is 1.91 bits per heavy atom. The zero-order chi connectivity index (χ0) is 8.27. The van der Waals surface area contributed by atoms with E-state index in [1.54, 1.807) is 0 Å². The molecule has 1 heterocycles. The number of carbonyl (C=O) groups excluding carboxylic acids is 1. The second kappa shape index (κ2) is 3.69. The van der Waals surface area contributed by atoms with E-state index in [0.717, 1.165) is 26.2 Å². The van der Waals surface area contributed by atoms with Gasteiger partial charge in [-0.3, -0.25) is 4.79 Å². The summed E-state index contributed by atoms with van der Waals surface area (Å²) in [5.74, 6) is 0.0677. The maximum Gasteiger partial charge on any atom is 0.236 e. The minimum atomic E-state index is 0.0677. The van der Waals surface area contributed by atoms with E-state index in [-0.39, 0.29) is 12.5 Å². The molecule has 64 valence electrons. The number of piperazine rings is 1. The van der Waals surface area contributed by atoms with Gasteiger partial charge < -0.3 is 15.5 Å². The summed E-state index contributed by atoms with van der Waals surface area (Å²) in [6.07, 6.45) is 0. The van der Waals surface area contributed by atoms with Crippen LogP contribution in [0.2, 0.25) is 0 Å². The number of rotatable bonds is 1. The van der Waals surface area contributed by atoms with Crippen LogP contribution >= 0.6 is 0 Å². The maximum absolute atomic E-state index is 11.1. The van der Waals surface area contributed by atoms with E-state index < -0.39 is 0 Å². The normalized spacial score (nSPS) is 20.4. The Balaban J connectivity index is 2.33. The summed E-state index contributed by atoms with van der Waals surface area (Å²) in [5.41, 5.74) is 5.23. The van der Waals surface area contributed by atoms with E-state index >= 15 is 0 Å². The first-order valence-corrected chi connectivity index (χ1v) is 3.90. The molecule has 1 amide bonds. The van der Waals surface area contributed by atoms with Gasteiger partial charge in [0.25, 0.3) is 0 Å². The van der Waals surface area contributed by atoms with Crippen molar-refractivity contribution in [3.63, 3.8) is 0 Å². The zero-order valence-electron chi connectivity index (χ0n) is 6.92. The van der Waals surface area contributed by atoms with Crippen molar-refractivity contribution in [2.24, 2.45) is 5.73 Å². The quantitative estimate of drug-likeness (QED) is 0.516. The molecule has 1 saturated heterocycles. The van der Waals surface area contributed by atoms with Crippen LogP contribution in [0, 0.1) is 0 Å². The van der Waals surface area contributed by atoms with Crippen molar-refractivity contribution in [2.45, 2.75) is 0 Å². The number of nitrogens with two attached hydrogens (primary N) is 1. The van der Waals surface area contributed by atoms with Crippen LogP contribution in [0.1, 0.15) is 0 Å². The third-order valence-electron chi connectivity index (χ3n) is 2.03. The first-order valence-electron chi connectivity index (χ1n) is 3.90. The molecule has 0 saturated carbocycles. The van der Waals surface area contributed by atoms with Crippen LogP contribution < -0.4 is 5.73 Å². The molecule has 0 aromatic heterocycles. The first-order chi connectivity index (χ1) is 5.24. The highest BCUT2D eigenvalue weighted by Crippen LogP contribution is 1.98. The van der Waals surface area contributed by atoms with Gasteiger partial charge in [0.15, 0.2) is 0 Å². The maximum atomic E-state index is 11.1. The van der Waals surface area contributed by atoms with Crippen LogP contribution in [-0.4, -0.2) is 55.5 Å². The third kappa shape index (κ3) is 2.17. The van der Waals surface area contributed by atoms with Crippen molar-refractivity contribution in [1.29, 1.82) is 0 Å². The van der Waals surface area contributed by atoms with Crippen molar-refractivity contribution >= 4 is 5.91 Å². The molecule has 0 radical (unpaired) electrons. The Labute approximate surface area is 66.9 Å². The fourth-order valence-corrected chi connectivity index (χ4v) is 1.18. The number of nitrogens with zero attached hydrogens (tertiary/aromatic N) is 2. The lowest BCUT2D eigenvalue weighted by atomic mass is 10.3. The van der Waals surface area contributed by atoms with Gasteiger partial charge in [-0.25, -0.2) is 0 Å². The van der Waals surface area contributed by atoms with E-state index in [9.17, 15) is 4.79 Å². The van der Waals surface area contributed by atoms with Crippen molar-refractivity contribution in [3.8, 4) is 0 Å². The van der Waals surface area contributed by atoms with E-state index in [1.165, 1.54) is 0 Å². The molecule has 4 heteroatoms. The largest absolute Gasteiger partial charge is 0.339 e. The average Bonchev–Trinajstić information content (AvgIpc) is 2.05. The van der Waals surface area contributed by atoms with Crippen LogP contribution in [0.3, 0.4) is 0 Å². The Hall–Kier alpha value is -0.610. The van der Waals surface area contributed by atoms with Gasteiger partial charge in [0, 0.05) is 26.2 Å². The van der Waals surface area contributed by atoms with Crippen molar-refractivity contribution in [2.75, 3.05) is 39.8 Å². The average molecular weight is 157 g/mol. The molecule has 0 unspecified atom stereocenters. The van der Waals surface area contributed by atoms with Crippen LogP contribution in [0.5, 0.6) is 0 Å². The van der Waals surface area contributed by atoms with Gasteiger partial charge in [-0.1, -0.05) is 0 Å². The number of amides is 1. The molecule has 0 aromatic carbocycles. The van der Waals surface area contributed by atoms with Gasteiger partial charge >= 0.3 is 0 Å². The molecule has 2 N–H and O–H groups in total. The van der Waals surface area contributed by atoms with Crippen molar-refractivity contribution in [1.82, 2.24) is 9.80 Å². The molecule has 0 bridgehead atoms. The SMILES string of the molecule is CN1CCN(C(=O)CN)CC1. The Morgan fingerprint density at radius 1 is 1.36 bits per heavy atom. The van der Waals surface area contributed by atoms with Gasteiger partial charge in [-0.2, -0.15) is 0 Å². The molecule has 1 aliphatic rings. The molecule has 1 rings (SSSR count). The second-order valence-corrected chi connectivity index (χ2v) is 2.89. The fourth-order valence-electron chi connectivity index (χ4n) is 1.18. The molecule has 11 heavy (non-hydrogen) atoms. The number of carbonyl (C=O) groups is 1. The van der Waals surface area contributed by atoms with Crippen LogP contribution in [-0.2, 0) is 4.79 Å². The molecule has 4 nitrogen and oxygen atoms in total. The molecule has 1 aliphatic heterocycles. The number of likely N-dealkylation sites (N-methyl/N-ethyl adjacent to an activating group) is 1. The molecule has 0 atom stereocenters. The van der Waals surface area contributed by atoms with Gasteiger partial charge in [0.05, 0.1) is 6.54 Å². The second-order valence-electron chi connectivity index (χ2n) is 2.89. The molecular formula is C7H15N3O. The summed E-state index contributed by atoms with van der Waals surface area (Å²) in [5, 5.41) is 0. The zero-order valence-corrected chi connectivity index (χ0v) is 6.92. The number of hydrogen-bond donors (Lipinski definition) is 1. The van der Waals surface area contributed by atoms with Gasteiger partial charge in [0.1, 0.15) is 0 Å². The van der Waals surface area contributed by atoms with Gasteiger partial charge in [-0.15, -0.1) is 0 Å². The third-order valence-corrected chi connectivity index (χ3v) is 2.03. The molecule has 0 aromatic rings. The highest BCUT2D eigenvalue weighted by Gasteiger charge is 2.16. The monoisotopic (exact) mass is 157 g/mol. The highest BCUT2D eigenvalue weighted by molar-refractivity contribution is 5.78. The summed E-state index contributed by atoms with van der Waals surface area (Å²) in [7, 11) is 2.06. The molecule has 0 aliphatic carbocycles. The fraction of sp³-hybridized carbons (Fsp3) is 0.857.